The number of alkyl halides is 3. The number of ketones is 1. The zero-order valence-electron chi connectivity index (χ0n) is 17.1. The Hall–Kier alpha value is -2.65. The van der Waals surface area contributed by atoms with E-state index in [4.69, 9.17) is 21.1 Å². The molecule has 4 rings (SSSR count). The van der Waals surface area contributed by atoms with Crippen LogP contribution in [-0.2, 0) is 12.7 Å². The Morgan fingerprint density at radius 1 is 1.19 bits per heavy atom. The van der Waals surface area contributed by atoms with Crippen molar-refractivity contribution in [3.05, 3.63) is 69.6 Å². The molecule has 2 aromatic heterocycles. The maximum Gasteiger partial charge on any atom is 0.417 e. The second kappa shape index (κ2) is 8.71. The van der Waals surface area contributed by atoms with Crippen molar-refractivity contribution >= 4 is 29.1 Å². The molecule has 0 fully saturated rings. The van der Waals surface area contributed by atoms with Crippen molar-refractivity contribution in [2.75, 3.05) is 12.5 Å². The number of carbonyl (C=O) groups excluding carboxylic acids is 1. The number of carbonyl (C=O) groups is 1. The maximum absolute atomic E-state index is 12.8. The summed E-state index contributed by atoms with van der Waals surface area (Å²) in [4.78, 5) is 16.6. The summed E-state index contributed by atoms with van der Waals surface area (Å²) in [5.74, 6) is 1.25. The van der Waals surface area contributed by atoms with Crippen LogP contribution < -0.4 is 9.47 Å². The van der Waals surface area contributed by atoms with E-state index >= 15 is 0 Å². The van der Waals surface area contributed by atoms with E-state index in [1.807, 2.05) is 42.7 Å². The Kier molecular flexibility index (Phi) is 6.13. The Balaban J connectivity index is 1.47. The molecule has 3 heterocycles. The normalized spacial score (nSPS) is 12.9. The molecule has 0 atom stereocenters. The molecule has 0 saturated carbocycles. The van der Waals surface area contributed by atoms with Gasteiger partial charge in [0.15, 0.2) is 17.3 Å². The summed E-state index contributed by atoms with van der Waals surface area (Å²) >= 11 is 6.95. The number of ether oxygens (including phenoxy) is 2. The minimum Gasteiger partial charge on any atom is -0.454 e. The summed E-state index contributed by atoms with van der Waals surface area (Å²) < 4.78 is 51.1. The van der Waals surface area contributed by atoms with E-state index in [9.17, 15) is 18.0 Å². The number of thioether (sulfide) groups is 1. The van der Waals surface area contributed by atoms with Crippen LogP contribution in [0, 0.1) is 13.8 Å². The number of aromatic nitrogens is 2. The van der Waals surface area contributed by atoms with E-state index in [0.29, 0.717) is 23.6 Å². The van der Waals surface area contributed by atoms with Gasteiger partial charge in [0.1, 0.15) is 5.03 Å². The molecule has 0 unspecified atom stereocenters. The van der Waals surface area contributed by atoms with Crippen molar-refractivity contribution in [1.29, 1.82) is 0 Å². The zero-order chi connectivity index (χ0) is 23.0. The molecule has 168 valence electrons. The minimum atomic E-state index is -4.52. The van der Waals surface area contributed by atoms with Crippen LogP contribution in [-0.4, -0.2) is 27.9 Å². The molecule has 0 aliphatic carbocycles. The number of halogens is 4. The molecule has 0 amide bonds. The van der Waals surface area contributed by atoms with Gasteiger partial charge in [-0.25, -0.2) is 4.98 Å². The molecule has 1 aromatic carbocycles. The molecule has 5 nitrogen and oxygen atoms in total. The highest BCUT2D eigenvalue weighted by atomic mass is 35.5. The average Bonchev–Trinajstić information content (AvgIpc) is 3.31. The van der Waals surface area contributed by atoms with E-state index in [1.54, 1.807) is 0 Å². The molecular formula is C22H18ClF3N2O3S. The number of hydrogen-bond acceptors (Lipinski definition) is 5. The van der Waals surface area contributed by atoms with Crippen molar-refractivity contribution in [2.24, 2.45) is 0 Å². The van der Waals surface area contributed by atoms with Crippen molar-refractivity contribution in [1.82, 2.24) is 9.55 Å². The van der Waals surface area contributed by atoms with Gasteiger partial charge in [-0.1, -0.05) is 29.4 Å². The summed E-state index contributed by atoms with van der Waals surface area (Å²) in [5, 5.41) is 0.0492. The first-order chi connectivity index (χ1) is 15.1. The lowest BCUT2D eigenvalue weighted by molar-refractivity contribution is -0.137. The monoisotopic (exact) mass is 482 g/mol. The molecule has 1 aliphatic heterocycles. The van der Waals surface area contributed by atoms with Crippen molar-refractivity contribution in [3.8, 4) is 11.5 Å². The highest BCUT2D eigenvalue weighted by molar-refractivity contribution is 8.00. The molecule has 0 radical (unpaired) electrons. The van der Waals surface area contributed by atoms with Gasteiger partial charge in [0.05, 0.1) is 16.3 Å². The average molecular weight is 483 g/mol. The summed E-state index contributed by atoms with van der Waals surface area (Å²) in [6.45, 7) is 4.54. The molecule has 0 N–H and O–H groups in total. The highest BCUT2D eigenvalue weighted by Gasteiger charge is 2.31. The van der Waals surface area contributed by atoms with Crippen molar-refractivity contribution in [3.63, 3.8) is 0 Å². The van der Waals surface area contributed by atoms with E-state index in [1.165, 1.54) is 0 Å². The lowest BCUT2D eigenvalue weighted by atomic mass is 10.1. The lowest BCUT2D eigenvalue weighted by Gasteiger charge is -2.11. The van der Waals surface area contributed by atoms with Gasteiger partial charge in [0, 0.05) is 29.7 Å². The maximum atomic E-state index is 12.8. The van der Waals surface area contributed by atoms with Crippen LogP contribution in [0.25, 0.3) is 0 Å². The molecule has 32 heavy (non-hydrogen) atoms. The first-order valence-corrected chi connectivity index (χ1v) is 10.9. The van der Waals surface area contributed by atoms with Crippen molar-refractivity contribution < 1.29 is 27.4 Å². The predicted octanol–water partition coefficient (Wildman–Crippen LogP) is 5.92. The smallest absolute Gasteiger partial charge is 0.417 e. The Bertz CT molecular complexity index is 1190. The second-order valence-electron chi connectivity index (χ2n) is 7.28. The number of benzene rings is 1. The van der Waals surface area contributed by atoms with E-state index in [-0.39, 0.29) is 28.4 Å². The van der Waals surface area contributed by atoms with E-state index in [0.717, 1.165) is 41.0 Å². The molecule has 0 bridgehead atoms. The largest absolute Gasteiger partial charge is 0.454 e. The summed E-state index contributed by atoms with van der Waals surface area (Å²) in [5.41, 5.74) is 2.35. The van der Waals surface area contributed by atoms with Gasteiger partial charge in [-0.05, 0) is 43.7 Å². The topological polar surface area (TPSA) is 53.4 Å². The zero-order valence-corrected chi connectivity index (χ0v) is 18.7. The lowest BCUT2D eigenvalue weighted by Crippen LogP contribution is -2.08. The highest BCUT2D eigenvalue weighted by Crippen LogP contribution is 2.35. The number of Topliss-reactive ketones (excluding diaryl/α,β-unsaturated/α-hetero) is 1. The summed E-state index contributed by atoms with van der Waals surface area (Å²) in [6.07, 6.45) is -3.80. The molecule has 10 heteroatoms. The van der Waals surface area contributed by atoms with Crippen LogP contribution in [0.1, 0.15) is 32.9 Å². The summed E-state index contributed by atoms with van der Waals surface area (Å²) in [7, 11) is 0. The van der Waals surface area contributed by atoms with Crippen LogP contribution in [0.3, 0.4) is 0 Å². The summed E-state index contributed by atoms with van der Waals surface area (Å²) in [6, 6.07) is 8.35. The van der Waals surface area contributed by atoms with Crippen LogP contribution in [0.5, 0.6) is 11.5 Å². The van der Waals surface area contributed by atoms with Crippen LogP contribution in [0.15, 0.2) is 41.6 Å². The van der Waals surface area contributed by atoms with Gasteiger partial charge >= 0.3 is 6.18 Å². The Morgan fingerprint density at radius 2 is 1.94 bits per heavy atom. The van der Waals surface area contributed by atoms with Crippen molar-refractivity contribution in [2.45, 2.75) is 31.6 Å². The van der Waals surface area contributed by atoms with Crippen LogP contribution >= 0.6 is 23.4 Å². The first kappa shape index (κ1) is 22.5. The predicted molar refractivity (Wildman–Crippen MR) is 115 cm³/mol. The van der Waals surface area contributed by atoms with Gasteiger partial charge in [-0.15, -0.1) is 0 Å². The Labute approximate surface area is 191 Å². The number of rotatable bonds is 6. The van der Waals surface area contributed by atoms with Crippen LogP contribution in [0.2, 0.25) is 5.02 Å². The number of hydrogen-bond donors (Lipinski definition) is 0. The van der Waals surface area contributed by atoms with Crippen LogP contribution in [0.4, 0.5) is 13.2 Å². The van der Waals surface area contributed by atoms with Gasteiger partial charge in [0.2, 0.25) is 6.79 Å². The fraction of sp³-hybridized carbons (Fsp3) is 0.273. The molecule has 0 spiro atoms. The third-order valence-electron chi connectivity index (χ3n) is 5.13. The van der Waals surface area contributed by atoms with E-state index in [2.05, 4.69) is 4.98 Å². The first-order valence-electron chi connectivity index (χ1n) is 9.57. The van der Waals surface area contributed by atoms with Gasteiger partial charge in [-0.2, -0.15) is 13.2 Å². The number of fused-ring (bicyclic) bond motifs is 1. The molecule has 1 aliphatic rings. The van der Waals surface area contributed by atoms with E-state index < -0.39 is 11.7 Å². The SMILES string of the molecule is Cc1cc(C(=O)CSc2ncc(C(F)(F)F)cc2Cl)c(C)n1Cc1ccc2c(c1)OCO2. The van der Waals surface area contributed by atoms with Gasteiger partial charge < -0.3 is 14.0 Å². The number of aryl methyl sites for hydroxylation is 1. The fourth-order valence-corrected chi connectivity index (χ4v) is 4.52. The Morgan fingerprint density at radius 3 is 2.66 bits per heavy atom. The fourth-order valence-electron chi connectivity index (χ4n) is 3.45. The number of nitrogens with zero attached hydrogens (tertiary/aromatic N) is 2. The second-order valence-corrected chi connectivity index (χ2v) is 8.65. The minimum absolute atomic E-state index is 0.00635. The molecular weight excluding hydrogens is 465 g/mol. The molecule has 3 aromatic rings. The van der Waals surface area contributed by atoms with Gasteiger partial charge in [-0.3, -0.25) is 4.79 Å². The quantitative estimate of drug-likeness (QED) is 0.322. The number of pyridine rings is 1. The van der Waals surface area contributed by atoms with Gasteiger partial charge in [0.25, 0.3) is 0 Å². The molecule has 0 saturated heterocycles. The standard InChI is InChI=1S/C22H18ClF3N2O3S/c1-12-5-16(13(2)28(12)9-14-3-4-19-20(6-14)31-11-30-19)18(29)10-32-21-17(23)7-15(8-27-21)22(24,25)26/h3-8H,9-11H2,1-2H3. The third-order valence-corrected chi connectivity index (χ3v) is 6.53. The third kappa shape index (κ3) is 4.59.